The van der Waals surface area contributed by atoms with E-state index in [2.05, 4.69) is 26.2 Å². The van der Waals surface area contributed by atoms with E-state index in [4.69, 9.17) is 0 Å². The number of likely N-dealkylation sites (N-methyl/N-ethyl adjacent to an activating group) is 1. The molecule has 4 nitrogen and oxygen atoms in total. The molecule has 0 aliphatic rings. The smallest absolute Gasteiger partial charge is 0.323 e. The van der Waals surface area contributed by atoms with Crippen LogP contribution in [0.25, 0.3) is 0 Å². The van der Waals surface area contributed by atoms with Crippen LogP contribution in [-0.2, 0) is 4.79 Å². The lowest BCUT2D eigenvalue weighted by atomic mass is 9.95. The zero-order valence-corrected chi connectivity index (χ0v) is 14.3. The Morgan fingerprint density at radius 3 is 2.80 bits per heavy atom. The van der Waals surface area contributed by atoms with Gasteiger partial charge < -0.3 is 10.4 Å². The topological polar surface area (TPSA) is 62.2 Å². The van der Waals surface area contributed by atoms with Gasteiger partial charge in [0.1, 0.15) is 5.54 Å². The third-order valence-electron chi connectivity index (χ3n) is 3.06. The summed E-state index contributed by atoms with van der Waals surface area (Å²) in [6.07, 6.45) is 4.30. The van der Waals surface area contributed by atoms with E-state index in [1.807, 2.05) is 19.1 Å². The first-order valence-corrected chi connectivity index (χ1v) is 8.48. The van der Waals surface area contributed by atoms with Crippen molar-refractivity contribution >= 4 is 33.7 Å². The van der Waals surface area contributed by atoms with Crippen LogP contribution in [0.3, 0.4) is 0 Å². The molecule has 1 aromatic heterocycles. The molecule has 1 unspecified atom stereocenters. The highest BCUT2D eigenvalue weighted by molar-refractivity contribution is 9.10. The van der Waals surface area contributed by atoms with Gasteiger partial charge in [0.15, 0.2) is 0 Å². The Hall–Kier alpha value is -0.590. The van der Waals surface area contributed by atoms with Crippen molar-refractivity contribution in [3.63, 3.8) is 0 Å². The number of unbranched alkanes of at least 4 members (excludes halogenated alkanes) is 1. The minimum atomic E-state index is -0.810. The van der Waals surface area contributed by atoms with E-state index in [0.717, 1.165) is 28.1 Å². The maximum absolute atomic E-state index is 11.2. The summed E-state index contributed by atoms with van der Waals surface area (Å²) in [5.41, 5.74) is -0.810. The number of halogens is 1. The fourth-order valence-corrected chi connectivity index (χ4v) is 2.95. The minimum Gasteiger partial charge on any atom is -0.480 e. The van der Waals surface area contributed by atoms with Gasteiger partial charge in [0.2, 0.25) is 0 Å². The Morgan fingerprint density at radius 2 is 2.25 bits per heavy atom. The quantitative estimate of drug-likeness (QED) is 0.520. The number of rotatable bonds is 9. The van der Waals surface area contributed by atoms with Crippen LogP contribution in [0.5, 0.6) is 0 Å². The molecule has 0 aliphatic carbocycles. The molecule has 0 radical (unpaired) electrons. The number of hydrogen-bond acceptors (Lipinski definition) is 4. The average Bonchev–Trinajstić information content (AvgIpc) is 2.40. The first-order chi connectivity index (χ1) is 9.48. The maximum Gasteiger partial charge on any atom is 0.323 e. The second-order valence-electron chi connectivity index (χ2n) is 4.79. The van der Waals surface area contributed by atoms with E-state index in [0.29, 0.717) is 13.0 Å². The van der Waals surface area contributed by atoms with E-state index in [9.17, 15) is 9.90 Å². The van der Waals surface area contributed by atoms with Crippen molar-refractivity contribution in [2.45, 2.75) is 43.7 Å². The van der Waals surface area contributed by atoms with E-state index >= 15 is 0 Å². The highest BCUT2D eigenvalue weighted by Crippen LogP contribution is 2.21. The number of nitrogens with zero attached hydrogens (tertiary/aromatic N) is 1. The lowest BCUT2D eigenvalue weighted by molar-refractivity contribution is -0.144. The molecule has 1 aromatic rings. The largest absolute Gasteiger partial charge is 0.480 e. The molecule has 0 amide bonds. The summed E-state index contributed by atoms with van der Waals surface area (Å²) in [4.78, 5) is 15.5. The maximum atomic E-state index is 11.2. The van der Waals surface area contributed by atoms with Gasteiger partial charge >= 0.3 is 5.97 Å². The van der Waals surface area contributed by atoms with Gasteiger partial charge in [0.25, 0.3) is 0 Å². The number of pyridine rings is 1. The predicted octanol–water partition coefficient (Wildman–Crippen LogP) is 3.56. The third kappa shape index (κ3) is 5.81. The van der Waals surface area contributed by atoms with Gasteiger partial charge in [-0.3, -0.25) is 4.79 Å². The molecule has 2 N–H and O–H groups in total. The molecule has 0 aromatic carbocycles. The Bertz CT molecular complexity index is 428. The monoisotopic (exact) mass is 360 g/mol. The number of aliphatic carboxylic acids is 1. The number of aromatic nitrogens is 1. The molecule has 1 heterocycles. The fourth-order valence-electron chi connectivity index (χ4n) is 1.87. The molecule has 0 spiro atoms. The van der Waals surface area contributed by atoms with Crippen molar-refractivity contribution in [2.24, 2.45) is 0 Å². The van der Waals surface area contributed by atoms with Crippen LogP contribution in [0.15, 0.2) is 27.8 Å². The Kier molecular flexibility index (Phi) is 7.55. The molecule has 0 fully saturated rings. The van der Waals surface area contributed by atoms with Crippen LogP contribution in [-0.4, -0.2) is 33.9 Å². The van der Waals surface area contributed by atoms with Crippen molar-refractivity contribution < 1.29 is 9.90 Å². The van der Waals surface area contributed by atoms with Crippen molar-refractivity contribution in [1.29, 1.82) is 0 Å². The second kappa shape index (κ2) is 8.64. The van der Waals surface area contributed by atoms with Gasteiger partial charge in [-0.05, 0) is 60.1 Å². The van der Waals surface area contributed by atoms with Gasteiger partial charge in [0.05, 0.1) is 5.03 Å². The molecular weight excluding hydrogens is 340 g/mol. The number of hydrogen-bond donors (Lipinski definition) is 2. The number of thioether (sulfide) groups is 1. The minimum absolute atomic E-state index is 0.643. The molecule has 1 rings (SSSR count). The summed E-state index contributed by atoms with van der Waals surface area (Å²) in [7, 11) is 0. The molecule has 0 saturated heterocycles. The molecule has 0 saturated carbocycles. The highest BCUT2D eigenvalue weighted by Gasteiger charge is 2.30. The Labute approximate surface area is 132 Å². The van der Waals surface area contributed by atoms with Crippen LogP contribution in [0.2, 0.25) is 0 Å². The lowest BCUT2D eigenvalue weighted by Crippen LogP contribution is -2.49. The Morgan fingerprint density at radius 1 is 1.50 bits per heavy atom. The average molecular weight is 361 g/mol. The number of carboxylic acids is 1. The summed E-state index contributed by atoms with van der Waals surface area (Å²) >= 11 is 5.06. The predicted molar refractivity (Wildman–Crippen MR) is 86.2 cm³/mol. The van der Waals surface area contributed by atoms with Crippen molar-refractivity contribution in [3.8, 4) is 0 Å². The zero-order valence-electron chi connectivity index (χ0n) is 11.9. The summed E-state index contributed by atoms with van der Waals surface area (Å²) < 4.78 is 0.977. The molecule has 0 bridgehead atoms. The van der Waals surface area contributed by atoms with Gasteiger partial charge in [-0.1, -0.05) is 13.3 Å². The summed E-state index contributed by atoms with van der Waals surface area (Å²) in [6.45, 7) is 4.35. The summed E-state index contributed by atoms with van der Waals surface area (Å²) in [5, 5.41) is 13.3. The second-order valence-corrected chi connectivity index (χ2v) is 6.82. The normalized spacial score (nSPS) is 13.9. The number of carbonyl (C=O) groups is 1. The van der Waals surface area contributed by atoms with Crippen molar-refractivity contribution in [2.75, 3.05) is 12.3 Å². The van der Waals surface area contributed by atoms with Crippen LogP contribution < -0.4 is 5.32 Å². The van der Waals surface area contributed by atoms with Gasteiger partial charge in [-0.25, -0.2) is 4.98 Å². The molecule has 0 aliphatic heterocycles. The van der Waals surface area contributed by atoms with E-state index < -0.39 is 11.5 Å². The van der Waals surface area contributed by atoms with E-state index in [1.165, 1.54) is 0 Å². The number of nitrogens with one attached hydrogen (secondary N) is 1. The van der Waals surface area contributed by atoms with Crippen molar-refractivity contribution in [3.05, 3.63) is 22.8 Å². The van der Waals surface area contributed by atoms with Gasteiger partial charge in [0, 0.05) is 10.7 Å². The van der Waals surface area contributed by atoms with Crippen LogP contribution >= 0.6 is 27.7 Å². The Balaban J connectivity index is 2.27. The van der Waals surface area contributed by atoms with Crippen LogP contribution in [0.1, 0.15) is 33.1 Å². The first-order valence-electron chi connectivity index (χ1n) is 6.70. The summed E-state index contributed by atoms with van der Waals surface area (Å²) in [5.74, 6) is 0.179. The third-order valence-corrected chi connectivity index (χ3v) is 4.56. The standard InChI is InChI=1S/C14H21BrN2O2S/c1-3-17-14(2,13(18)19)8-4-5-9-20-12-7-6-11(15)10-16-12/h6-7,10,17H,3-5,8-9H2,1-2H3,(H,18,19). The molecule has 112 valence electrons. The fraction of sp³-hybridized carbons (Fsp3) is 0.571. The zero-order chi connectivity index (χ0) is 15.0. The molecular formula is C14H21BrN2O2S. The van der Waals surface area contributed by atoms with Crippen LogP contribution in [0.4, 0.5) is 0 Å². The number of carboxylic acid groups (broad SMARTS) is 1. The summed E-state index contributed by atoms with van der Waals surface area (Å²) in [6, 6.07) is 3.96. The molecule has 6 heteroatoms. The molecule has 1 atom stereocenters. The van der Waals surface area contributed by atoms with Crippen molar-refractivity contribution in [1.82, 2.24) is 10.3 Å². The first kappa shape index (κ1) is 17.5. The SMILES string of the molecule is CCNC(C)(CCCCSc1ccc(Br)cn1)C(=O)O. The highest BCUT2D eigenvalue weighted by atomic mass is 79.9. The van der Waals surface area contributed by atoms with Crippen LogP contribution in [0, 0.1) is 0 Å². The lowest BCUT2D eigenvalue weighted by Gasteiger charge is -2.25. The van der Waals surface area contributed by atoms with E-state index in [1.54, 1.807) is 24.9 Å². The van der Waals surface area contributed by atoms with Gasteiger partial charge in [-0.15, -0.1) is 11.8 Å². The van der Waals surface area contributed by atoms with Gasteiger partial charge in [-0.2, -0.15) is 0 Å². The van der Waals surface area contributed by atoms with E-state index in [-0.39, 0.29) is 0 Å². The molecule has 20 heavy (non-hydrogen) atoms.